The molecule has 3 N–H and O–H groups in total. The maximum Gasteiger partial charge on any atom is 0.413 e. The quantitative estimate of drug-likeness (QED) is 0.574. The summed E-state index contributed by atoms with van der Waals surface area (Å²) in [7, 11) is 1.31. The maximum absolute atomic E-state index is 11.3. The Hall–Kier alpha value is -2.49. The smallest absolute Gasteiger partial charge is 0.413 e. The zero-order valence-corrected chi connectivity index (χ0v) is 17.4. The molecule has 0 radical (unpaired) electrons. The molecule has 1 aliphatic heterocycles. The van der Waals surface area contributed by atoms with Gasteiger partial charge < -0.3 is 19.7 Å². The van der Waals surface area contributed by atoms with Gasteiger partial charge in [-0.05, 0) is 43.2 Å². The molecule has 1 saturated heterocycles. The summed E-state index contributed by atoms with van der Waals surface area (Å²) in [6.45, 7) is 1.66. The molecule has 10 heteroatoms. The Kier molecular flexibility index (Phi) is 6.83. The van der Waals surface area contributed by atoms with Gasteiger partial charge in [0.15, 0.2) is 0 Å². The van der Waals surface area contributed by atoms with Crippen molar-refractivity contribution in [1.29, 1.82) is 0 Å². The van der Waals surface area contributed by atoms with Crippen molar-refractivity contribution in [3.63, 3.8) is 0 Å². The van der Waals surface area contributed by atoms with Crippen LogP contribution in [0, 0.1) is 0 Å². The number of aromatic amines is 1. The predicted molar refractivity (Wildman–Crippen MR) is 115 cm³/mol. The van der Waals surface area contributed by atoms with Gasteiger partial charge in [-0.3, -0.25) is 5.32 Å². The second-order valence-corrected chi connectivity index (χ2v) is 7.70. The number of H-pyrrole nitrogens is 1. The first-order valence-electron chi connectivity index (χ1n) is 9.02. The molecule has 0 saturated carbocycles. The molecular weight excluding hydrogens is 414 g/mol. The molecule has 8 nitrogen and oxygen atoms in total. The van der Waals surface area contributed by atoms with Gasteiger partial charge in [0.2, 0.25) is 5.95 Å². The first kappa shape index (κ1) is 21.2. The van der Waals surface area contributed by atoms with E-state index in [-0.39, 0.29) is 18.5 Å². The first-order valence-corrected chi connectivity index (χ1v) is 9.84. The molecule has 3 aromatic rings. The lowest BCUT2D eigenvalue weighted by molar-refractivity contribution is 0.145. The number of nitrogens with zero attached hydrogens (tertiary/aromatic N) is 3. The highest BCUT2D eigenvalue weighted by atomic mass is 35.5. The van der Waals surface area contributed by atoms with Gasteiger partial charge in [-0.2, -0.15) is 0 Å². The second-order valence-electron chi connectivity index (χ2n) is 6.55. The number of aliphatic hydroxyl groups is 1. The van der Waals surface area contributed by atoms with Crippen molar-refractivity contribution in [2.75, 3.05) is 30.4 Å². The Morgan fingerprint density at radius 1 is 1.28 bits per heavy atom. The summed E-state index contributed by atoms with van der Waals surface area (Å²) >= 11 is 1.60. The number of methoxy groups -OCH3 is 1. The van der Waals surface area contributed by atoms with E-state index < -0.39 is 6.09 Å². The van der Waals surface area contributed by atoms with Gasteiger partial charge in [0.05, 0.1) is 24.2 Å². The maximum atomic E-state index is 11.3. The topological polar surface area (TPSA) is 103 Å². The minimum atomic E-state index is -0.567. The van der Waals surface area contributed by atoms with Crippen molar-refractivity contribution in [3.8, 4) is 0 Å². The number of carbonyl (C=O) groups excluding carboxylic acids is 1. The van der Waals surface area contributed by atoms with E-state index in [0.717, 1.165) is 52.6 Å². The number of piperidine rings is 1. The van der Waals surface area contributed by atoms with Crippen LogP contribution in [-0.4, -0.2) is 52.5 Å². The van der Waals surface area contributed by atoms with Crippen LogP contribution in [0.5, 0.6) is 0 Å². The second kappa shape index (κ2) is 9.34. The molecular formula is C19H22ClN5O3S. The zero-order chi connectivity index (χ0) is 19.5. The van der Waals surface area contributed by atoms with Crippen LogP contribution >= 0.6 is 24.2 Å². The number of hydrogen-bond donors (Lipinski definition) is 3. The van der Waals surface area contributed by atoms with E-state index in [4.69, 9.17) is 0 Å². The van der Waals surface area contributed by atoms with Gasteiger partial charge in [0.1, 0.15) is 5.82 Å². The molecule has 154 valence electrons. The third kappa shape index (κ3) is 5.11. The number of fused-ring (bicyclic) bond motifs is 1. The lowest BCUT2D eigenvalue weighted by Crippen LogP contribution is -2.36. The van der Waals surface area contributed by atoms with Crippen molar-refractivity contribution >= 4 is 53.1 Å². The molecule has 0 bridgehead atoms. The average molecular weight is 436 g/mol. The zero-order valence-electron chi connectivity index (χ0n) is 15.8. The van der Waals surface area contributed by atoms with Crippen LogP contribution in [0.1, 0.15) is 12.8 Å². The van der Waals surface area contributed by atoms with E-state index in [1.54, 1.807) is 11.8 Å². The average Bonchev–Trinajstić information content (AvgIpc) is 3.10. The van der Waals surface area contributed by atoms with Gasteiger partial charge in [-0.15, -0.1) is 12.4 Å². The molecule has 2 aromatic heterocycles. The summed E-state index contributed by atoms with van der Waals surface area (Å²) in [6, 6.07) is 9.95. The number of anilines is 2. The fourth-order valence-corrected chi connectivity index (χ4v) is 3.93. The number of ether oxygens (including phenoxy) is 1. The number of aliphatic hydroxyl groups excluding tert-OH is 1. The van der Waals surface area contributed by atoms with Crippen molar-refractivity contribution < 1.29 is 14.6 Å². The first-order chi connectivity index (χ1) is 13.6. The molecule has 0 aliphatic carbocycles. The fourth-order valence-electron chi connectivity index (χ4n) is 3.11. The summed E-state index contributed by atoms with van der Waals surface area (Å²) in [6.07, 6.45) is 2.68. The van der Waals surface area contributed by atoms with Crippen molar-refractivity contribution in [2.45, 2.75) is 28.7 Å². The molecule has 1 amide bonds. The third-order valence-corrected chi connectivity index (χ3v) is 5.57. The Labute approximate surface area is 178 Å². The number of hydrogen-bond acceptors (Lipinski definition) is 7. The number of amides is 1. The van der Waals surface area contributed by atoms with Crippen LogP contribution in [0.3, 0.4) is 0 Å². The summed E-state index contributed by atoms with van der Waals surface area (Å²) in [5, 5.41) is 12.2. The Bertz CT molecular complexity index is 974. The fraction of sp³-hybridized carbons (Fsp3) is 0.316. The van der Waals surface area contributed by atoms with E-state index >= 15 is 0 Å². The van der Waals surface area contributed by atoms with E-state index in [2.05, 4.69) is 36.0 Å². The highest BCUT2D eigenvalue weighted by Crippen LogP contribution is 2.30. The SMILES string of the molecule is COC(=O)Nc1nc2cc(Sc3ccc(N4CCC(O)CC4)nc3)ccc2[nH]1.Cl. The van der Waals surface area contributed by atoms with Gasteiger partial charge in [0, 0.05) is 29.1 Å². The van der Waals surface area contributed by atoms with E-state index in [1.165, 1.54) is 7.11 Å². The van der Waals surface area contributed by atoms with Crippen LogP contribution in [0.4, 0.5) is 16.6 Å². The van der Waals surface area contributed by atoms with Gasteiger partial charge in [-0.1, -0.05) is 11.8 Å². The molecule has 3 heterocycles. The van der Waals surface area contributed by atoms with E-state index in [1.807, 2.05) is 30.5 Å². The number of carbonyl (C=O) groups is 1. The summed E-state index contributed by atoms with van der Waals surface area (Å²) in [5.74, 6) is 1.29. The molecule has 0 spiro atoms. The van der Waals surface area contributed by atoms with Crippen molar-refractivity contribution in [3.05, 3.63) is 36.5 Å². The van der Waals surface area contributed by atoms with Crippen LogP contribution in [0.15, 0.2) is 46.3 Å². The number of nitrogens with one attached hydrogen (secondary N) is 2. The molecule has 1 aliphatic rings. The number of halogens is 1. The minimum absolute atomic E-state index is 0. The number of benzene rings is 1. The minimum Gasteiger partial charge on any atom is -0.453 e. The predicted octanol–water partition coefficient (Wildman–Crippen LogP) is 3.67. The summed E-state index contributed by atoms with van der Waals surface area (Å²) < 4.78 is 4.57. The van der Waals surface area contributed by atoms with Crippen LogP contribution in [-0.2, 0) is 4.74 Å². The third-order valence-electron chi connectivity index (χ3n) is 4.61. The highest BCUT2D eigenvalue weighted by Gasteiger charge is 2.18. The highest BCUT2D eigenvalue weighted by molar-refractivity contribution is 7.99. The molecule has 1 fully saturated rings. The number of rotatable bonds is 4. The molecule has 29 heavy (non-hydrogen) atoms. The lowest BCUT2D eigenvalue weighted by Gasteiger charge is -2.30. The van der Waals surface area contributed by atoms with Gasteiger partial charge in [-0.25, -0.2) is 14.8 Å². The van der Waals surface area contributed by atoms with Gasteiger partial charge >= 0.3 is 6.09 Å². The Morgan fingerprint density at radius 3 is 2.72 bits per heavy atom. The molecule has 0 atom stereocenters. The van der Waals surface area contributed by atoms with Gasteiger partial charge in [0.25, 0.3) is 0 Å². The van der Waals surface area contributed by atoms with Crippen molar-refractivity contribution in [2.24, 2.45) is 0 Å². The van der Waals surface area contributed by atoms with Crippen LogP contribution < -0.4 is 10.2 Å². The Balaban J connectivity index is 0.00000240. The summed E-state index contributed by atoms with van der Waals surface area (Å²) in [5.41, 5.74) is 1.59. The van der Waals surface area contributed by atoms with Crippen molar-refractivity contribution in [1.82, 2.24) is 15.0 Å². The van der Waals surface area contributed by atoms with E-state index in [9.17, 15) is 9.90 Å². The molecule has 4 rings (SSSR count). The standard InChI is InChI=1S/C19H21N5O3S.ClH/c1-27-19(26)23-18-21-15-4-2-13(10-16(15)22-18)28-14-3-5-17(20-11-14)24-8-6-12(25)7-9-24;/h2-5,10-12,25H,6-9H2,1H3,(H2,21,22,23,26);1H. The number of pyridine rings is 1. The normalized spacial score (nSPS) is 14.5. The molecule has 0 unspecified atom stereocenters. The number of aromatic nitrogens is 3. The summed E-state index contributed by atoms with van der Waals surface area (Å²) in [4.78, 5) is 27.5. The van der Waals surface area contributed by atoms with Crippen LogP contribution in [0.2, 0.25) is 0 Å². The molecule has 1 aromatic carbocycles. The largest absolute Gasteiger partial charge is 0.453 e. The lowest BCUT2D eigenvalue weighted by atomic mass is 10.1. The van der Waals surface area contributed by atoms with Crippen LogP contribution in [0.25, 0.3) is 11.0 Å². The Morgan fingerprint density at radius 2 is 2.03 bits per heavy atom. The van der Waals surface area contributed by atoms with E-state index in [0.29, 0.717) is 5.95 Å². The number of imidazole rings is 1. The monoisotopic (exact) mass is 435 g/mol.